The molecule has 0 saturated carbocycles. The van der Waals surface area contributed by atoms with Crippen LogP contribution in [0.4, 0.5) is 4.39 Å². The zero-order valence-electron chi connectivity index (χ0n) is 11.6. The second-order valence-corrected chi connectivity index (χ2v) is 5.35. The highest BCUT2D eigenvalue weighted by Gasteiger charge is 2.11. The molecule has 1 heterocycles. The quantitative estimate of drug-likeness (QED) is 0.753. The molecule has 1 aromatic carbocycles. The van der Waals surface area contributed by atoms with E-state index in [-0.39, 0.29) is 19.0 Å². The molecule has 2 rings (SSSR count). The minimum Gasteiger partial charge on any atom is -0.387 e. The number of carbonyl (C=O) groups is 2. The number of rotatable bonds is 6. The molecular weight excluding hydrogens is 307 g/mol. The minimum absolute atomic E-state index is 0.0151. The number of halogens is 1. The lowest BCUT2D eigenvalue weighted by atomic mass is 10.1. The third kappa shape index (κ3) is 4.64. The van der Waals surface area contributed by atoms with E-state index >= 15 is 0 Å². The Balaban J connectivity index is 1.73. The number of hydrogen-bond acceptors (Lipinski definition) is 4. The smallest absolute Gasteiger partial charge is 0.252 e. The second-order valence-electron chi connectivity index (χ2n) is 4.57. The van der Waals surface area contributed by atoms with Gasteiger partial charge in [-0.05, 0) is 29.1 Å². The Morgan fingerprint density at radius 3 is 2.55 bits per heavy atom. The summed E-state index contributed by atoms with van der Waals surface area (Å²) in [4.78, 5) is 23.2. The van der Waals surface area contributed by atoms with Gasteiger partial charge in [0.1, 0.15) is 5.82 Å². The van der Waals surface area contributed by atoms with Crippen molar-refractivity contribution in [1.29, 1.82) is 0 Å². The van der Waals surface area contributed by atoms with Gasteiger partial charge in [-0.3, -0.25) is 9.59 Å². The van der Waals surface area contributed by atoms with Gasteiger partial charge >= 0.3 is 0 Å². The van der Waals surface area contributed by atoms with Gasteiger partial charge in [0.25, 0.3) is 5.91 Å². The number of benzene rings is 1. The Bertz CT molecular complexity index is 629. The van der Waals surface area contributed by atoms with Crippen LogP contribution < -0.4 is 10.6 Å². The fourth-order valence-electron chi connectivity index (χ4n) is 1.73. The van der Waals surface area contributed by atoms with Crippen LogP contribution in [0.1, 0.15) is 22.0 Å². The molecule has 3 N–H and O–H groups in total. The maximum absolute atomic E-state index is 12.8. The first kappa shape index (κ1) is 16.1. The van der Waals surface area contributed by atoms with E-state index in [4.69, 9.17) is 0 Å². The van der Waals surface area contributed by atoms with Gasteiger partial charge in [0.2, 0.25) is 5.91 Å². The summed E-state index contributed by atoms with van der Waals surface area (Å²) in [5.74, 6) is -1.13. The summed E-state index contributed by atoms with van der Waals surface area (Å²) < 4.78 is 12.8. The van der Waals surface area contributed by atoms with Gasteiger partial charge in [-0.1, -0.05) is 12.1 Å². The van der Waals surface area contributed by atoms with Crippen molar-refractivity contribution in [2.75, 3.05) is 13.1 Å². The van der Waals surface area contributed by atoms with Crippen molar-refractivity contribution in [3.05, 3.63) is 58.0 Å². The van der Waals surface area contributed by atoms with Crippen molar-refractivity contribution in [3.63, 3.8) is 0 Å². The number of thiophene rings is 1. The monoisotopic (exact) mass is 322 g/mol. The summed E-state index contributed by atoms with van der Waals surface area (Å²) in [5.41, 5.74) is 1.01. The van der Waals surface area contributed by atoms with E-state index in [2.05, 4.69) is 10.6 Å². The first-order chi connectivity index (χ1) is 10.6. The normalized spacial score (nSPS) is 11.7. The number of aliphatic hydroxyl groups excluding tert-OH is 1. The van der Waals surface area contributed by atoms with Crippen LogP contribution in [0, 0.1) is 5.82 Å². The average molecular weight is 322 g/mol. The Labute approximate surface area is 130 Å². The summed E-state index contributed by atoms with van der Waals surface area (Å²) in [6.45, 7) is -0.191. The molecular formula is C15H15FN2O3S. The van der Waals surface area contributed by atoms with Gasteiger partial charge < -0.3 is 15.7 Å². The van der Waals surface area contributed by atoms with Crippen LogP contribution in [-0.4, -0.2) is 30.0 Å². The van der Waals surface area contributed by atoms with Crippen molar-refractivity contribution in [1.82, 2.24) is 10.6 Å². The molecule has 0 radical (unpaired) electrons. The number of aliphatic hydroxyl groups is 1. The van der Waals surface area contributed by atoms with Crippen LogP contribution >= 0.6 is 11.3 Å². The lowest BCUT2D eigenvalue weighted by molar-refractivity contribution is -0.120. The maximum atomic E-state index is 12.8. The second kappa shape index (κ2) is 7.67. The van der Waals surface area contributed by atoms with Crippen molar-refractivity contribution in [3.8, 4) is 0 Å². The van der Waals surface area contributed by atoms with Crippen LogP contribution in [0.15, 0.2) is 41.1 Å². The van der Waals surface area contributed by atoms with E-state index in [1.807, 2.05) is 0 Å². The SMILES string of the molecule is O=C(CNC(=O)c1ccsc1)NCC(O)c1ccc(F)cc1. The predicted molar refractivity (Wildman–Crippen MR) is 81.0 cm³/mol. The van der Waals surface area contributed by atoms with Crippen molar-refractivity contribution in [2.24, 2.45) is 0 Å². The highest BCUT2D eigenvalue weighted by Crippen LogP contribution is 2.12. The van der Waals surface area contributed by atoms with Gasteiger partial charge in [0.15, 0.2) is 0 Å². The van der Waals surface area contributed by atoms with Crippen molar-refractivity contribution in [2.45, 2.75) is 6.10 Å². The summed E-state index contributed by atoms with van der Waals surface area (Å²) in [6.07, 6.45) is -0.933. The van der Waals surface area contributed by atoms with Crippen LogP contribution in [0.3, 0.4) is 0 Å². The Hall–Kier alpha value is -2.25. The standard InChI is InChI=1S/C15H15FN2O3S/c16-12-3-1-10(2-4-12)13(19)7-17-14(20)8-18-15(21)11-5-6-22-9-11/h1-6,9,13,19H,7-8H2,(H,17,20)(H,18,21). The predicted octanol–water partition coefficient (Wildman–Crippen LogP) is 1.47. The molecule has 0 aliphatic carbocycles. The average Bonchev–Trinajstić information content (AvgIpc) is 3.05. The molecule has 0 fully saturated rings. The lowest BCUT2D eigenvalue weighted by Gasteiger charge is -2.12. The summed E-state index contributed by atoms with van der Waals surface area (Å²) >= 11 is 1.39. The molecule has 0 bridgehead atoms. The van der Waals surface area contributed by atoms with Crippen molar-refractivity contribution >= 4 is 23.2 Å². The molecule has 1 unspecified atom stereocenters. The van der Waals surface area contributed by atoms with Crippen molar-refractivity contribution < 1.29 is 19.1 Å². The Kier molecular flexibility index (Phi) is 5.62. The number of carbonyl (C=O) groups excluding carboxylic acids is 2. The summed E-state index contributed by atoms with van der Waals surface area (Å²) in [6, 6.07) is 7.04. The maximum Gasteiger partial charge on any atom is 0.252 e. The first-order valence-corrected chi connectivity index (χ1v) is 7.51. The molecule has 116 valence electrons. The molecule has 0 aliphatic heterocycles. The van der Waals surface area contributed by atoms with Gasteiger partial charge in [0, 0.05) is 17.5 Å². The third-order valence-electron chi connectivity index (χ3n) is 2.94. The number of hydrogen-bond donors (Lipinski definition) is 3. The van der Waals surface area contributed by atoms with E-state index in [0.29, 0.717) is 11.1 Å². The number of amides is 2. The Morgan fingerprint density at radius 1 is 1.18 bits per heavy atom. The minimum atomic E-state index is -0.933. The van der Waals surface area contributed by atoms with Crippen LogP contribution in [-0.2, 0) is 4.79 Å². The molecule has 0 saturated heterocycles. The zero-order valence-corrected chi connectivity index (χ0v) is 12.4. The molecule has 1 aromatic heterocycles. The van der Waals surface area contributed by atoms with Crippen LogP contribution in [0.2, 0.25) is 0 Å². The van der Waals surface area contributed by atoms with Gasteiger partial charge in [0.05, 0.1) is 12.6 Å². The molecule has 7 heteroatoms. The highest BCUT2D eigenvalue weighted by atomic mass is 32.1. The van der Waals surface area contributed by atoms with E-state index in [9.17, 15) is 19.1 Å². The van der Waals surface area contributed by atoms with Gasteiger partial charge in [-0.15, -0.1) is 0 Å². The van der Waals surface area contributed by atoms with E-state index in [0.717, 1.165) is 0 Å². The fourth-order valence-corrected chi connectivity index (χ4v) is 2.37. The third-order valence-corrected chi connectivity index (χ3v) is 3.62. The van der Waals surface area contributed by atoms with E-state index < -0.39 is 17.8 Å². The summed E-state index contributed by atoms with van der Waals surface area (Å²) in [7, 11) is 0. The van der Waals surface area contributed by atoms with Gasteiger partial charge in [-0.2, -0.15) is 11.3 Å². The molecule has 5 nitrogen and oxygen atoms in total. The van der Waals surface area contributed by atoms with E-state index in [1.165, 1.54) is 35.6 Å². The topological polar surface area (TPSA) is 78.4 Å². The molecule has 0 aliphatic rings. The van der Waals surface area contributed by atoms with Crippen LogP contribution in [0.25, 0.3) is 0 Å². The molecule has 2 amide bonds. The molecule has 2 aromatic rings. The summed E-state index contributed by atoms with van der Waals surface area (Å²) in [5, 5.41) is 18.3. The fraction of sp³-hybridized carbons (Fsp3) is 0.200. The zero-order chi connectivity index (χ0) is 15.9. The Morgan fingerprint density at radius 2 is 1.91 bits per heavy atom. The largest absolute Gasteiger partial charge is 0.387 e. The lowest BCUT2D eigenvalue weighted by Crippen LogP contribution is -2.38. The molecule has 0 spiro atoms. The molecule has 22 heavy (non-hydrogen) atoms. The number of nitrogens with one attached hydrogen (secondary N) is 2. The molecule has 1 atom stereocenters. The van der Waals surface area contributed by atoms with E-state index in [1.54, 1.807) is 16.8 Å². The van der Waals surface area contributed by atoms with Crippen LogP contribution in [0.5, 0.6) is 0 Å². The first-order valence-electron chi connectivity index (χ1n) is 6.57. The van der Waals surface area contributed by atoms with Gasteiger partial charge in [-0.25, -0.2) is 4.39 Å². The highest BCUT2D eigenvalue weighted by molar-refractivity contribution is 7.08.